The molecule has 4 rings (SSSR count). The van der Waals surface area contributed by atoms with Gasteiger partial charge in [0.15, 0.2) is 5.78 Å². The quantitative estimate of drug-likeness (QED) is 0.0209. The average molecular weight is 1260 g/mol. The summed E-state index contributed by atoms with van der Waals surface area (Å²) in [6.07, 6.45) is 4.17. The SMILES string of the molecule is CC(C)C[C@@H](CC(=O)[C@@H](Cc1ccccc1)NC(=O)[C@H](C)Cc1ccccc1)C(=O)N[C@H](CCCCNC(=O)OC(C)(C)C)C(=O)O.COCCNC(=O)[C@@H](CCCCN)NC(=O)[C@@H](CC(C)C)NC(=O)[C@@H](Cc1ccccc1)NC(=O)[C@H](N)Cc1ccccc1. The molecule has 500 valence electrons. The summed E-state index contributed by atoms with van der Waals surface area (Å²) < 4.78 is 10.2. The van der Waals surface area contributed by atoms with E-state index in [1.54, 1.807) is 20.8 Å². The Morgan fingerprint density at radius 1 is 0.484 bits per heavy atom. The molecule has 0 saturated carbocycles. The highest BCUT2D eigenvalue weighted by Gasteiger charge is 2.34. The Morgan fingerprint density at radius 2 is 0.934 bits per heavy atom. The van der Waals surface area contributed by atoms with Crippen molar-refractivity contribution in [3.05, 3.63) is 144 Å². The van der Waals surface area contributed by atoms with E-state index in [0.717, 1.165) is 22.3 Å². The molecule has 0 aliphatic carbocycles. The van der Waals surface area contributed by atoms with Gasteiger partial charge < -0.3 is 63.3 Å². The Bertz CT molecular complexity index is 2820. The molecule has 7 amide bonds. The number of Topliss-reactive ketones (excluding diaryl/α,β-unsaturated/α-hetero) is 1. The van der Waals surface area contributed by atoms with Gasteiger partial charge in [-0.1, -0.05) is 156 Å². The molecule has 0 unspecified atom stereocenters. The van der Waals surface area contributed by atoms with Crippen LogP contribution in [0.3, 0.4) is 0 Å². The molecule has 12 N–H and O–H groups in total. The van der Waals surface area contributed by atoms with Gasteiger partial charge in [-0.3, -0.25) is 33.6 Å². The van der Waals surface area contributed by atoms with Crippen molar-refractivity contribution in [2.24, 2.45) is 35.1 Å². The van der Waals surface area contributed by atoms with Crippen molar-refractivity contribution in [2.45, 2.75) is 181 Å². The lowest BCUT2D eigenvalue weighted by atomic mass is 9.88. The van der Waals surface area contributed by atoms with E-state index in [9.17, 15) is 48.3 Å². The van der Waals surface area contributed by atoms with Gasteiger partial charge in [0, 0.05) is 44.9 Å². The highest BCUT2D eigenvalue weighted by molar-refractivity contribution is 5.96. The normalized spacial score (nSPS) is 13.9. The number of carboxylic acid groups (broad SMARTS) is 1. The van der Waals surface area contributed by atoms with Gasteiger partial charge in [-0.2, -0.15) is 0 Å². The monoisotopic (exact) mass is 1260 g/mol. The summed E-state index contributed by atoms with van der Waals surface area (Å²) in [5, 5.41) is 29.3. The van der Waals surface area contributed by atoms with Crippen LogP contribution < -0.4 is 48.7 Å². The third-order valence-corrected chi connectivity index (χ3v) is 14.7. The van der Waals surface area contributed by atoms with Crippen LogP contribution in [0, 0.1) is 23.7 Å². The van der Waals surface area contributed by atoms with Gasteiger partial charge in [-0.15, -0.1) is 0 Å². The third kappa shape index (κ3) is 32.5. The summed E-state index contributed by atoms with van der Waals surface area (Å²) in [7, 11) is 1.54. The Kier molecular flexibility index (Phi) is 35.8. The van der Waals surface area contributed by atoms with Gasteiger partial charge in [0.2, 0.25) is 35.4 Å². The zero-order valence-corrected chi connectivity index (χ0v) is 54.9. The number of ether oxygens (including phenoxy) is 2. The molecule has 0 spiro atoms. The van der Waals surface area contributed by atoms with Crippen LogP contribution in [0.5, 0.6) is 0 Å². The van der Waals surface area contributed by atoms with Crippen LogP contribution in [-0.2, 0) is 73.5 Å². The van der Waals surface area contributed by atoms with E-state index in [4.69, 9.17) is 20.9 Å². The molecule has 0 saturated heterocycles. The fourth-order valence-corrected chi connectivity index (χ4v) is 9.94. The fraction of sp³-hybridized carbons (Fsp3) is 0.529. The molecular weight excluding hydrogens is 1160 g/mol. The Labute approximate surface area is 538 Å². The van der Waals surface area contributed by atoms with Crippen molar-refractivity contribution in [3.8, 4) is 0 Å². The number of carboxylic acids is 1. The lowest BCUT2D eigenvalue weighted by Crippen LogP contribution is -2.58. The van der Waals surface area contributed by atoms with Crippen LogP contribution in [0.15, 0.2) is 121 Å². The molecule has 0 aliphatic heterocycles. The van der Waals surface area contributed by atoms with E-state index >= 15 is 0 Å². The van der Waals surface area contributed by atoms with Crippen molar-refractivity contribution in [3.63, 3.8) is 0 Å². The Hall–Kier alpha value is -8.01. The highest BCUT2D eigenvalue weighted by Crippen LogP contribution is 2.21. The molecule has 21 nitrogen and oxygen atoms in total. The standard InChI is InChI=1S/C37H53N3O7.C33H50N6O5/c1-25(2)21-29(34(43)39-30(35(44)45)19-13-14-20-38-36(46)47-37(4,5)6)24-32(41)31(23-28-17-11-8-12-18-28)40-33(42)26(3)22-27-15-9-7-10-16-27;1-23(2)20-28(32(42)37-27(16-10-11-17-34)31(41)36-18-19-44-3)39-33(43)29(22-25-14-8-5-9-15-25)38-30(40)26(35)21-24-12-6-4-7-13-24/h7-12,15-18,25-26,29-31H,13-14,19-24H2,1-6H3,(H,38,46)(H,39,43)(H,40,42)(H,44,45);4-9,12-15,23,26-29H,10-11,16-22,34-35H2,1-3H3,(H,36,41)(H,37,42)(H,38,40)(H,39,43)/t26-,29+,30-,31-;26-,27-,28-,29-/m11/s1. The van der Waals surface area contributed by atoms with Gasteiger partial charge in [-0.25, -0.2) is 9.59 Å². The number of hydrogen-bond acceptors (Lipinski definition) is 13. The zero-order valence-electron chi connectivity index (χ0n) is 54.9. The second-order valence-corrected chi connectivity index (χ2v) is 25.0. The van der Waals surface area contributed by atoms with Gasteiger partial charge >= 0.3 is 12.1 Å². The topological polar surface area (TPSA) is 329 Å². The zero-order chi connectivity index (χ0) is 67.3. The van der Waals surface area contributed by atoms with E-state index in [2.05, 4.69) is 37.2 Å². The summed E-state index contributed by atoms with van der Waals surface area (Å²) in [5.74, 6) is -5.03. The summed E-state index contributed by atoms with van der Waals surface area (Å²) in [6, 6.07) is 32.2. The Morgan fingerprint density at radius 3 is 1.44 bits per heavy atom. The molecule has 91 heavy (non-hydrogen) atoms. The summed E-state index contributed by atoms with van der Waals surface area (Å²) >= 11 is 0. The van der Waals surface area contributed by atoms with E-state index in [1.165, 1.54) is 7.11 Å². The van der Waals surface area contributed by atoms with Gasteiger partial charge in [-0.05, 0) is 132 Å². The number of aliphatic carboxylic acids is 1. The molecule has 21 heteroatoms. The number of unbranched alkanes of at least 4 members (excludes halogenated alkanes) is 2. The van der Waals surface area contributed by atoms with Crippen molar-refractivity contribution in [2.75, 3.05) is 33.4 Å². The number of methoxy groups -OCH3 is 1. The van der Waals surface area contributed by atoms with E-state index in [0.29, 0.717) is 84.0 Å². The molecule has 0 fully saturated rings. The van der Waals surface area contributed by atoms with E-state index in [1.807, 2.05) is 156 Å². The molecular formula is C70H103N9O12. The predicted octanol–water partition coefficient (Wildman–Crippen LogP) is 6.67. The minimum atomic E-state index is -1.17. The first-order valence-corrected chi connectivity index (χ1v) is 31.9. The third-order valence-electron chi connectivity index (χ3n) is 14.7. The molecule has 8 atom stereocenters. The lowest BCUT2D eigenvalue weighted by Gasteiger charge is -2.27. The number of carbonyl (C=O) groups excluding carboxylic acids is 8. The number of carbonyl (C=O) groups is 9. The van der Waals surface area contributed by atoms with Crippen molar-refractivity contribution in [1.82, 2.24) is 37.2 Å². The van der Waals surface area contributed by atoms with E-state index < -0.39 is 83.5 Å². The molecule has 0 radical (unpaired) electrons. The maximum Gasteiger partial charge on any atom is 0.407 e. The number of amides is 7. The predicted molar refractivity (Wildman–Crippen MR) is 353 cm³/mol. The van der Waals surface area contributed by atoms with Crippen LogP contribution in [0.1, 0.15) is 135 Å². The second kappa shape index (κ2) is 42.1. The molecule has 0 aliphatic rings. The first-order valence-electron chi connectivity index (χ1n) is 31.9. The molecule has 0 bridgehead atoms. The number of nitrogens with two attached hydrogens (primary N) is 2. The van der Waals surface area contributed by atoms with Gasteiger partial charge in [0.05, 0.1) is 18.7 Å². The van der Waals surface area contributed by atoms with E-state index in [-0.39, 0.29) is 61.0 Å². The van der Waals surface area contributed by atoms with Crippen LogP contribution in [0.4, 0.5) is 4.79 Å². The van der Waals surface area contributed by atoms with Gasteiger partial charge in [0.1, 0.15) is 29.8 Å². The Balaban J connectivity index is 0.000000476. The number of rotatable bonds is 39. The number of benzene rings is 4. The second-order valence-electron chi connectivity index (χ2n) is 25.0. The smallest absolute Gasteiger partial charge is 0.407 e. The van der Waals surface area contributed by atoms with Crippen molar-refractivity contribution >= 4 is 53.3 Å². The maximum atomic E-state index is 13.8. The van der Waals surface area contributed by atoms with Crippen molar-refractivity contribution < 1.29 is 57.7 Å². The fourth-order valence-electron chi connectivity index (χ4n) is 9.94. The van der Waals surface area contributed by atoms with Crippen LogP contribution >= 0.6 is 0 Å². The molecule has 4 aromatic carbocycles. The number of nitrogens with one attached hydrogen (secondary N) is 7. The van der Waals surface area contributed by atoms with Gasteiger partial charge in [0.25, 0.3) is 0 Å². The first kappa shape index (κ1) is 77.2. The molecule has 4 aromatic rings. The number of hydrogen-bond donors (Lipinski definition) is 10. The average Bonchev–Trinajstić information content (AvgIpc) is 2.41. The van der Waals surface area contributed by atoms with Crippen LogP contribution in [-0.4, -0.2) is 134 Å². The van der Waals surface area contributed by atoms with Crippen LogP contribution in [0.25, 0.3) is 0 Å². The summed E-state index contributed by atoms with van der Waals surface area (Å²) in [5.41, 5.74) is 14.9. The largest absolute Gasteiger partial charge is 0.480 e. The summed E-state index contributed by atoms with van der Waals surface area (Å²) in [4.78, 5) is 118. The van der Waals surface area contributed by atoms with Crippen LogP contribution in [0.2, 0.25) is 0 Å². The number of ketones is 1. The minimum Gasteiger partial charge on any atom is -0.480 e. The summed E-state index contributed by atoms with van der Waals surface area (Å²) in [6.45, 7) is 16.3. The molecule has 0 aromatic heterocycles. The minimum absolute atomic E-state index is 0.0544. The van der Waals surface area contributed by atoms with Crippen molar-refractivity contribution in [1.29, 1.82) is 0 Å². The lowest BCUT2D eigenvalue weighted by molar-refractivity contribution is -0.143. The number of alkyl carbamates (subject to hydrolysis) is 1. The maximum absolute atomic E-state index is 13.8. The highest BCUT2D eigenvalue weighted by atomic mass is 16.6. The molecule has 0 heterocycles. The first-order chi connectivity index (χ1) is 43.3.